The molecule has 8 heteroatoms. The van der Waals surface area contributed by atoms with Crippen LogP contribution in [0.25, 0.3) is 6.08 Å². The normalized spacial score (nSPS) is 15.8. The Hall–Kier alpha value is -2.71. The minimum Gasteiger partial charge on any atom is -0.867 e. The molecule has 6 nitrogen and oxygen atoms in total. The average molecular weight is 371 g/mol. The number of thiocarbonyl (C=S) groups is 1. The summed E-state index contributed by atoms with van der Waals surface area (Å²) in [6.45, 7) is 0.335. The van der Waals surface area contributed by atoms with E-state index in [1.54, 1.807) is 0 Å². The van der Waals surface area contributed by atoms with Gasteiger partial charge in [-0.1, -0.05) is 66.4 Å². The molecule has 0 aromatic heterocycles. The van der Waals surface area contributed by atoms with Crippen LogP contribution in [0, 0.1) is 10.1 Å². The molecule has 1 amide bonds. The van der Waals surface area contributed by atoms with Crippen molar-refractivity contribution in [3.8, 4) is 5.75 Å². The van der Waals surface area contributed by atoms with Gasteiger partial charge in [0.2, 0.25) is 0 Å². The van der Waals surface area contributed by atoms with Crippen LogP contribution in [0.5, 0.6) is 5.75 Å². The van der Waals surface area contributed by atoms with E-state index in [-0.39, 0.29) is 16.4 Å². The molecule has 1 heterocycles. The first kappa shape index (κ1) is 17.1. The van der Waals surface area contributed by atoms with Gasteiger partial charge < -0.3 is 5.11 Å². The van der Waals surface area contributed by atoms with Crippen molar-refractivity contribution in [2.45, 2.75) is 6.54 Å². The van der Waals surface area contributed by atoms with Gasteiger partial charge in [-0.05, 0) is 23.0 Å². The predicted octanol–water partition coefficient (Wildman–Crippen LogP) is 3.07. The number of carbonyl (C=O) groups is 1. The van der Waals surface area contributed by atoms with E-state index in [2.05, 4.69) is 0 Å². The summed E-state index contributed by atoms with van der Waals surface area (Å²) in [5.74, 6) is -1.04. The molecule has 0 N–H and O–H groups in total. The molecule has 1 saturated heterocycles. The molecule has 0 aliphatic carbocycles. The first-order valence-corrected chi connectivity index (χ1v) is 8.43. The Morgan fingerprint density at radius 1 is 1.16 bits per heavy atom. The Balaban J connectivity index is 1.88. The van der Waals surface area contributed by atoms with E-state index in [0.717, 1.165) is 23.4 Å². The highest BCUT2D eigenvalue weighted by atomic mass is 32.2. The summed E-state index contributed by atoms with van der Waals surface area (Å²) in [7, 11) is 0. The van der Waals surface area contributed by atoms with E-state index in [1.165, 1.54) is 23.1 Å². The van der Waals surface area contributed by atoms with Gasteiger partial charge in [-0.25, -0.2) is 0 Å². The fourth-order valence-electron chi connectivity index (χ4n) is 2.34. The molecule has 1 aliphatic rings. The number of hydrogen-bond acceptors (Lipinski definition) is 6. The topological polar surface area (TPSA) is 86.5 Å². The second-order valence-electron chi connectivity index (χ2n) is 5.21. The molecule has 0 bridgehead atoms. The van der Waals surface area contributed by atoms with Gasteiger partial charge in [0.25, 0.3) is 11.6 Å². The summed E-state index contributed by atoms with van der Waals surface area (Å²) in [6, 6.07) is 13.4. The molecule has 25 heavy (non-hydrogen) atoms. The fraction of sp³-hybridized carbons (Fsp3) is 0.0588. The Kier molecular flexibility index (Phi) is 4.82. The molecule has 0 unspecified atom stereocenters. The second kappa shape index (κ2) is 7.04. The molecule has 3 rings (SSSR count). The van der Waals surface area contributed by atoms with E-state index >= 15 is 0 Å². The Morgan fingerprint density at radius 2 is 1.88 bits per heavy atom. The van der Waals surface area contributed by atoms with Crippen LogP contribution in [0.1, 0.15) is 11.1 Å². The van der Waals surface area contributed by atoms with Crippen LogP contribution in [0.15, 0.2) is 53.4 Å². The largest absolute Gasteiger partial charge is 0.867 e. The Labute approximate surface area is 152 Å². The van der Waals surface area contributed by atoms with Crippen molar-refractivity contribution in [3.05, 3.63) is 74.7 Å². The quantitative estimate of drug-likeness (QED) is 0.355. The van der Waals surface area contributed by atoms with Crippen molar-refractivity contribution in [2.24, 2.45) is 0 Å². The lowest BCUT2D eigenvalue weighted by atomic mass is 10.1. The van der Waals surface area contributed by atoms with Crippen molar-refractivity contribution in [1.29, 1.82) is 0 Å². The molecule has 2 aromatic carbocycles. The van der Waals surface area contributed by atoms with Crippen molar-refractivity contribution < 1.29 is 14.8 Å². The maximum absolute atomic E-state index is 12.6. The van der Waals surface area contributed by atoms with Crippen molar-refractivity contribution in [3.63, 3.8) is 0 Å². The van der Waals surface area contributed by atoms with E-state index in [9.17, 15) is 20.0 Å². The molecular weight excluding hydrogens is 360 g/mol. The molecule has 0 atom stereocenters. The van der Waals surface area contributed by atoms with Crippen LogP contribution in [0.4, 0.5) is 5.69 Å². The number of carbonyl (C=O) groups excluding carboxylic acids is 1. The van der Waals surface area contributed by atoms with Crippen LogP contribution < -0.4 is 5.11 Å². The van der Waals surface area contributed by atoms with Gasteiger partial charge in [0, 0.05) is 6.07 Å². The van der Waals surface area contributed by atoms with Gasteiger partial charge >= 0.3 is 0 Å². The van der Waals surface area contributed by atoms with Gasteiger partial charge in [0.05, 0.1) is 16.4 Å². The number of rotatable bonds is 4. The van der Waals surface area contributed by atoms with E-state index < -0.39 is 16.4 Å². The molecule has 1 fully saturated rings. The smallest absolute Gasteiger partial charge is 0.266 e. The van der Waals surface area contributed by atoms with Crippen LogP contribution in [0.2, 0.25) is 0 Å². The number of amides is 1. The standard InChI is InChI=1S/C17H12N2O4S2/c20-15-12(7-4-8-13(15)19(22)23)9-14-16(21)18(17(24)25-14)10-11-5-2-1-3-6-11/h1-9,20H,10H2/p-1/b14-9+. The lowest BCUT2D eigenvalue weighted by Crippen LogP contribution is -2.27. The van der Waals surface area contributed by atoms with Crippen molar-refractivity contribution >= 4 is 46.0 Å². The maximum Gasteiger partial charge on any atom is 0.266 e. The average Bonchev–Trinajstić information content (AvgIpc) is 2.85. The molecule has 0 spiro atoms. The zero-order valence-electron chi connectivity index (χ0n) is 12.7. The third-order valence-electron chi connectivity index (χ3n) is 3.57. The number of benzene rings is 2. The Bertz CT molecular complexity index is 897. The number of nitro benzene ring substituents is 1. The summed E-state index contributed by atoms with van der Waals surface area (Å²) in [6.07, 6.45) is 1.36. The minimum atomic E-state index is -0.736. The van der Waals surface area contributed by atoms with Crippen LogP contribution >= 0.6 is 24.0 Å². The number of para-hydroxylation sites is 1. The van der Waals surface area contributed by atoms with Gasteiger partial charge in [0.15, 0.2) is 0 Å². The summed E-state index contributed by atoms with van der Waals surface area (Å²) >= 11 is 6.33. The molecule has 0 radical (unpaired) electrons. The highest BCUT2D eigenvalue weighted by molar-refractivity contribution is 8.26. The van der Waals surface area contributed by atoms with Crippen LogP contribution in [-0.4, -0.2) is 20.1 Å². The van der Waals surface area contributed by atoms with Gasteiger partial charge in [-0.3, -0.25) is 19.8 Å². The third-order valence-corrected chi connectivity index (χ3v) is 4.94. The lowest BCUT2D eigenvalue weighted by Gasteiger charge is -2.14. The fourth-order valence-corrected chi connectivity index (χ4v) is 3.59. The van der Waals surface area contributed by atoms with E-state index in [0.29, 0.717) is 10.9 Å². The Morgan fingerprint density at radius 3 is 2.56 bits per heavy atom. The van der Waals surface area contributed by atoms with Crippen molar-refractivity contribution in [1.82, 2.24) is 4.90 Å². The monoisotopic (exact) mass is 371 g/mol. The number of hydrogen-bond donors (Lipinski definition) is 0. The van der Waals surface area contributed by atoms with Crippen LogP contribution in [-0.2, 0) is 11.3 Å². The summed E-state index contributed by atoms with van der Waals surface area (Å²) in [5.41, 5.74) is 0.503. The van der Waals surface area contributed by atoms with Gasteiger partial charge in [0.1, 0.15) is 4.32 Å². The minimum absolute atomic E-state index is 0.0920. The molecule has 126 valence electrons. The maximum atomic E-state index is 12.6. The zero-order chi connectivity index (χ0) is 18.0. The summed E-state index contributed by atoms with van der Waals surface area (Å²) in [5, 5.41) is 23.0. The summed E-state index contributed by atoms with van der Waals surface area (Å²) < 4.78 is 0.387. The first-order chi connectivity index (χ1) is 12.0. The van der Waals surface area contributed by atoms with E-state index in [4.69, 9.17) is 12.2 Å². The number of nitro groups is 1. The van der Waals surface area contributed by atoms with Crippen molar-refractivity contribution in [2.75, 3.05) is 0 Å². The van der Waals surface area contributed by atoms with E-state index in [1.807, 2.05) is 30.3 Å². The molecule has 1 aliphatic heterocycles. The number of thioether (sulfide) groups is 1. The molecule has 2 aromatic rings. The number of nitrogens with zero attached hydrogens (tertiary/aromatic N) is 2. The lowest BCUT2D eigenvalue weighted by molar-refractivity contribution is -0.398. The first-order valence-electron chi connectivity index (χ1n) is 7.21. The van der Waals surface area contributed by atoms with Gasteiger partial charge in [-0.15, -0.1) is 0 Å². The zero-order valence-corrected chi connectivity index (χ0v) is 14.4. The highest BCUT2D eigenvalue weighted by Crippen LogP contribution is 2.36. The molecule has 0 saturated carbocycles. The summed E-state index contributed by atoms with van der Waals surface area (Å²) in [4.78, 5) is 24.4. The third kappa shape index (κ3) is 3.54. The predicted molar refractivity (Wildman–Crippen MR) is 97.7 cm³/mol. The second-order valence-corrected chi connectivity index (χ2v) is 6.88. The molecular formula is C17H11N2O4S2-. The van der Waals surface area contributed by atoms with Crippen LogP contribution in [0.3, 0.4) is 0 Å². The highest BCUT2D eigenvalue weighted by Gasteiger charge is 2.32. The van der Waals surface area contributed by atoms with Gasteiger partial charge in [-0.2, -0.15) is 0 Å². The SMILES string of the molecule is O=C1/C(=C\c2cccc([N+](=O)[O-])c2[O-])SC(=S)N1Cc1ccccc1.